The van der Waals surface area contributed by atoms with Gasteiger partial charge in [0.15, 0.2) is 6.17 Å². The van der Waals surface area contributed by atoms with Crippen molar-refractivity contribution in [2.24, 2.45) is 5.73 Å². The average Bonchev–Trinajstić information content (AvgIpc) is 3.35. The minimum atomic E-state index is -1.25. The molecule has 1 fully saturated rings. The van der Waals surface area contributed by atoms with Crippen molar-refractivity contribution in [3.8, 4) is 0 Å². The summed E-state index contributed by atoms with van der Waals surface area (Å²) in [6.07, 6.45) is -0.637. The lowest BCUT2D eigenvalue weighted by Crippen LogP contribution is -2.53. The van der Waals surface area contributed by atoms with Crippen molar-refractivity contribution < 1.29 is 23.2 Å². The average molecular weight is 507 g/mol. The zero-order valence-electron chi connectivity index (χ0n) is 20.2. The number of aryl methyl sites for hydroxylation is 1. The third-order valence-electron chi connectivity index (χ3n) is 6.26. The first kappa shape index (κ1) is 26.0. The van der Waals surface area contributed by atoms with Gasteiger partial charge in [0.2, 0.25) is 5.91 Å². The monoisotopic (exact) mass is 506 g/mol. The zero-order valence-corrected chi connectivity index (χ0v) is 20.2. The topological polar surface area (TPSA) is 95.7 Å². The molecule has 1 aliphatic rings. The molecule has 0 spiro atoms. The number of nitrogens with one attached hydrogen (secondary N) is 1. The number of amides is 3. The first-order valence-electron chi connectivity index (χ1n) is 12.0. The fraction of sp³-hybridized carbons (Fsp3) is 0.250. The number of carbonyl (C=O) groups excluding carboxylic acids is 3. The minimum Gasteiger partial charge on any atom is -0.349 e. The number of nitrogens with two attached hydrogens (primary N) is 1. The summed E-state index contributed by atoms with van der Waals surface area (Å²) in [6, 6.07) is 19.3. The third-order valence-corrected chi connectivity index (χ3v) is 6.26. The van der Waals surface area contributed by atoms with Gasteiger partial charge in [-0.25, -0.2) is 8.78 Å². The fourth-order valence-electron chi connectivity index (χ4n) is 4.41. The van der Waals surface area contributed by atoms with E-state index < -0.39 is 29.6 Å². The van der Waals surface area contributed by atoms with E-state index in [1.165, 1.54) is 9.80 Å². The molecule has 3 N–H and O–H groups in total. The Morgan fingerprint density at radius 1 is 0.838 bits per heavy atom. The summed E-state index contributed by atoms with van der Waals surface area (Å²) in [4.78, 5) is 42.3. The van der Waals surface area contributed by atoms with Crippen LogP contribution in [0.4, 0.5) is 8.78 Å². The van der Waals surface area contributed by atoms with Gasteiger partial charge in [-0.2, -0.15) is 0 Å². The van der Waals surface area contributed by atoms with E-state index in [0.717, 1.165) is 28.8 Å². The van der Waals surface area contributed by atoms with Gasteiger partial charge >= 0.3 is 0 Å². The molecule has 0 radical (unpaired) electrons. The van der Waals surface area contributed by atoms with Crippen LogP contribution in [0.25, 0.3) is 0 Å². The van der Waals surface area contributed by atoms with Crippen LogP contribution in [-0.4, -0.2) is 46.8 Å². The maximum atomic E-state index is 13.8. The molecule has 1 heterocycles. The van der Waals surface area contributed by atoms with Gasteiger partial charge in [0.25, 0.3) is 11.8 Å². The number of halogens is 2. The van der Waals surface area contributed by atoms with E-state index in [9.17, 15) is 23.2 Å². The molecule has 1 unspecified atom stereocenters. The van der Waals surface area contributed by atoms with Crippen molar-refractivity contribution in [1.29, 1.82) is 0 Å². The van der Waals surface area contributed by atoms with E-state index in [0.29, 0.717) is 19.0 Å². The van der Waals surface area contributed by atoms with Crippen LogP contribution in [0.2, 0.25) is 0 Å². The van der Waals surface area contributed by atoms with Crippen LogP contribution in [0.1, 0.15) is 33.5 Å². The summed E-state index contributed by atoms with van der Waals surface area (Å²) < 4.78 is 27.6. The highest BCUT2D eigenvalue weighted by Gasteiger charge is 2.42. The summed E-state index contributed by atoms with van der Waals surface area (Å²) in [5, 5.41) is 2.79. The van der Waals surface area contributed by atoms with Gasteiger partial charge in [0, 0.05) is 44.2 Å². The summed E-state index contributed by atoms with van der Waals surface area (Å²) >= 11 is 0. The molecule has 192 valence electrons. The summed E-state index contributed by atoms with van der Waals surface area (Å²) in [5.74, 6) is -3.40. The van der Waals surface area contributed by atoms with Gasteiger partial charge in [-0.15, -0.1) is 0 Å². The molecule has 3 aromatic rings. The lowest BCUT2D eigenvalue weighted by molar-refractivity contribution is -0.141. The van der Waals surface area contributed by atoms with Crippen LogP contribution in [0.15, 0.2) is 72.8 Å². The van der Waals surface area contributed by atoms with Gasteiger partial charge in [0.1, 0.15) is 11.6 Å². The molecule has 0 aromatic heterocycles. The standard InChI is InChI=1S/C28H28F2N4O3/c29-23-14-22(15-24(30)16-23)28(37)34-12-11-33(25(35)10-9-19-5-2-1-3-6-19)27(34)26(36)32-18-21-8-4-7-20(13-21)17-31/h1-8,13-16,27H,9-12,17-18,31H2,(H,32,36). The van der Waals surface area contributed by atoms with E-state index in [1.54, 1.807) is 0 Å². The molecule has 7 nitrogen and oxygen atoms in total. The predicted octanol–water partition coefficient (Wildman–Crippen LogP) is 2.98. The Morgan fingerprint density at radius 2 is 1.49 bits per heavy atom. The number of benzene rings is 3. The first-order chi connectivity index (χ1) is 17.9. The molecule has 37 heavy (non-hydrogen) atoms. The summed E-state index contributed by atoms with van der Waals surface area (Å²) in [7, 11) is 0. The molecule has 1 saturated heterocycles. The van der Waals surface area contributed by atoms with Crippen molar-refractivity contribution in [1.82, 2.24) is 15.1 Å². The SMILES string of the molecule is NCc1cccc(CNC(=O)C2N(C(=O)CCc3ccccc3)CCN2C(=O)c2cc(F)cc(F)c2)c1. The van der Waals surface area contributed by atoms with Crippen molar-refractivity contribution in [3.05, 3.63) is 107 Å². The van der Waals surface area contributed by atoms with E-state index in [1.807, 2.05) is 54.6 Å². The maximum Gasteiger partial charge on any atom is 0.264 e. The smallest absolute Gasteiger partial charge is 0.264 e. The number of hydrogen-bond acceptors (Lipinski definition) is 4. The van der Waals surface area contributed by atoms with E-state index in [2.05, 4.69) is 5.32 Å². The highest BCUT2D eigenvalue weighted by atomic mass is 19.1. The number of nitrogens with zero attached hydrogens (tertiary/aromatic N) is 2. The van der Waals surface area contributed by atoms with Crippen LogP contribution >= 0.6 is 0 Å². The Morgan fingerprint density at radius 3 is 2.19 bits per heavy atom. The van der Waals surface area contributed by atoms with Crippen molar-refractivity contribution in [2.45, 2.75) is 32.1 Å². The molecular formula is C28H28F2N4O3. The van der Waals surface area contributed by atoms with E-state index in [4.69, 9.17) is 5.73 Å². The van der Waals surface area contributed by atoms with Gasteiger partial charge in [-0.3, -0.25) is 14.4 Å². The largest absolute Gasteiger partial charge is 0.349 e. The lowest BCUT2D eigenvalue weighted by Gasteiger charge is -2.29. The second kappa shape index (κ2) is 11.7. The Labute approximate surface area is 213 Å². The molecule has 4 rings (SSSR count). The lowest BCUT2D eigenvalue weighted by atomic mass is 10.1. The Bertz CT molecular complexity index is 1270. The molecule has 0 aliphatic carbocycles. The van der Waals surface area contributed by atoms with Crippen molar-refractivity contribution in [3.63, 3.8) is 0 Å². The van der Waals surface area contributed by atoms with Crippen LogP contribution in [0.3, 0.4) is 0 Å². The van der Waals surface area contributed by atoms with Gasteiger partial charge in [-0.05, 0) is 35.2 Å². The van der Waals surface area contributed by atoms with Gasteiger partial charge in [-0.1, -0.05) is 54.6 Å². The van der Waals surface area contributed by atoms with Gasteiger partial charge in [0.05, 0.1) is 0 Å². The van der Waals surface area contributed by atoms with Crippen LogP contribution in [0, 0.1) is 11.6 Å². The van der Waals surface area contributed by atoms with E-state index in [-0.39, 0.29) is 37.5 Å². The van der Waals surface area contributed by atoms with Crippen LogP contribution in [-0.2, 0) is 29.1 Å². The summed E-state index contributed by atoms with van der Waals surface area (Å²) in [6.45, 7) is 0.680. The Balaban J connectivity index is 1.54. The third kappa shape index (κ3) is 6.37. The quantitative estimate of drug-likeness (QED) is 0.491. The molecule has 0 saturated carbocycles. The number of rotatable bonds is 8. The Kier molecular flexibility index (Phi) is 8.25. The Hall–Kier alpha value is -4.11. The van der Waals surface area contributed by atoms with Crippen LogP contribution < -0.4 is 11.1 Å². The molecule has 1 atom stereocenters. The molecular weight excluding hydrogens is 478 g/mol. The molecule has 3 aromatic carbocycles. The normalized spacial score (nSPS) is 15.1. The molecule has 3 amide bonds. The fourth-order valence-corrected chi connectivity index (χ4v) is 4.41. The number of hydrogen-bond donors (Lipinski definition) is 2. The van der Waals surface area contributed by atoms with Crippen molar-refractivity contribution >= 4 is 17.7 Å². The van der Waals surface area contributed by atoms with Gasteiger partial charge < -0.3 is 20.9 Å². The van der Waals surface area contributed by atoms with E-state index >= 15 is 0 Å². The minimum absolute atomic E-state index is 0.0504. The zero-order chi connectivity index (χ0) is 26.4. The summed E-state index contributed by atoms with van der Waals surface area (Å²) in [5.41, 5.74) is 8.14. The molecule has 0 bridgehead atoms. The van der Waals surface area contributed by atoms with Crippen LogP contribution in [0.5, 0.6) is 0 Å². The second-order valence-corrected chi connectivity index (χ2v) is 8.84. The highest BCUT2D eigenvalue weighted by Crippen LogP contribution is 2.21. The maximum absolute atomic E-state index is 13.8. The molecule has 9 heteroatoms. The predicted molar refractivity (Wildman–Crippen MR) is 134 cm³/mol. The first-order valence-corrected chi connectivity index (χ1v) is 12.0. The second-order valence-electron chi connectivity index (χ2n) is 8.84. The van der Waals surface area contributed by atoms with Crippen molar-refractivity contribution in [2.75, 3.05) is 13.1 Å². The highest BCUT2D eigenvalue weighted by molar-refractivity contribution is 5.99. The molecule has 1 aliphatic heterocycles. The number of carbonyl (C=O) groups is 3.